The number of carbonyl (C=O) groups excluding carboxylic acids is 2. The number of methoxy groups -OCH3 is 2. The van der Waals surface area contributed by atoms with Gasteiger partial charge in [0.25, 0.3) is 5.91 Å². The van der Waals surface area contributed by atoms with E-state index in [4.69, 9.17) is 9.47 Å². The van der Waals surface area contributed by atoms with Crippen LogP contribution in [0.5, 0.6) is 11.5 Å². The van der Waals surface area contributed by atoms with Crippen LogP contribution < -0.4 is 20.1 Å². The van der Waals surface area contributed by atoms with E-state index in [2.05, 4.69) is 10.6 Å². The molecule has 0 spiro atoms. The molecule has 2 rings (SSSR count). The van der Waals surface area contributed by atoms with Crippen LogP contribution in [0.25, 0.3) is 0 Å². The molecule has 2 aromatic carbocycles. The average molecular weight is 378 g/mol. The van der Waals surface area contributed by atoms with Gasteiger partial charge in [-0.05, 0) is 30.3 Å². The lowest BCUT2D eigenvalue weighted by Gasteiger charge is -2.12. The molecular formula is C19H20F2N2O4. The molecule has 0 atom stereocenters. The predicted octanol–water partition coefficient (Wildman–Crippen LogP) is 2.42. The van der Waals surface area contributed by atoms with E-state index in [1.807, 2.05) is 0 Å². The molecule has 8 heteroatoms. The Balaban J connectivity index is 1.82. The van der Waals surface area contributed by atoms with Crippen LogP contribution in [0.15, 0.2) is 36.4 Å². The Hall–Kier alpha value is -3.16. The summed E-state index contributed by atoms with van der Waals surface area (Å²) in [6, 6.07) is 7.90. The van der Waals surface area contributed by atoms with Gasteiger partial charge < -0.3 is 20.1 Å². The fourth-order valence-electron chi connectivity index (χ4n) is 2.36. The van der Waals surface area contributed by atoms with Gasteiger partial charge in [-0.2, -0.15) is 0 Å². The smallest absolute Gasteiger partial charge is 0.254 e. The lowest BCUT2D eigenvalue weighted by molar-refractivity contribution is -0.121. The number of hydrogen-bond acceptors (Lipinski definition) is 4. The molecule has 0 saturated heterocycles. The summed E-state index contributed by atoms with van der Waals surface area (Å²) >= 11 is 0. The van der Waals surface area contributed by atoms with Gasteiger partial charge in [0.05, 0.1) is 19.8 Å². The highest BCUT2D eigenvalue weighted by atomic mass is 19.1. The van der Waals surface area contributed by atoms with Crippen LogP contribution in [0.1, 0.15) is 22.3 Å². The first kappa shape index (κ1) is 20.2. The quantitative estimate of drug-likeness (QED) is 0.740. The molecule has 0 radical (unpaired) electrons. The minimum Gasteiger partial charge on any atom is -0.497 e. The molecule has 0 aliphatic carbocycles. The molecule has 2 aromatic rings. The molecule has 6 nitrogen and oxygen atoms in total. The standard InChI is InChI=1S/C19H20F2N2O4/c1-26-14-4-6-17(27-2)12(9-14)11-23-18(24)7-8-22-19(25)15-5-3-13(20)10-16(15)21/h3-6,9-10H,7-8,11H2,1-2H3,(H,22,25)(H,23,24). The van der Waals surface area contributed by atoms with Crippen LogP contribution in [0.3, 0.4) is 0 Å². The van der Waals surface area contributed by atoms with Gasteiger partial charge in [-0.1, -0.05) is 0 Å². The first-order valence-electron chi connectivity index (χ1n) is 8.15. The number of nitrogens with one attached hydrogen (secondary N) is 2. The van der Waals surface area contributed by atoms with E-state index in [-0.39, 0.29) is 31.0 Å². The summed E-state index contributed by atoms with van der Waals surface area (Å²) in [7, 11) is 3.06. The highest BCUT2D eigenvalue weighted by Crippen LogP contribution is 2.23. The molecule has 0 saturated carbocycles. The van der Waals surface area contributed by atoms with Crippen LogP contribution in [0, 0.1) is 11.6 Å². The first-order valence-corrected chi connectivity index (χ1v) is 8.15. The monoisotopic (exact) mass is 378 g/mol. The summed E-state index contributed by atoms with van der Waals surface area (Å²) in [4.78, 5) is 23.8. The molecule has 2 N–H and O–H groups in total. The van der Waals surface area contributed by atoms with E-state index in [1.165, 1.54) is 14.2 Å². The van der Waals surface area contributed by atoms with Crippen molar-refractivity contribution < 1.29 is 27.8 Å². The van der Waals surface area contributed by atoms with Crippen LogP contribution in [0.4, 0.5) is 8.78 Å². The van der Waals surface area contributed by atoms with Gasteiger partial charge in [-0.25, -0.2) is 8.78 Å². The summed E-state index contributed by atoms with van der Waals surface area (Å²) in [5, 5.41) is 5.13. The third-order valence-corrected chi connectivity index (χ3v) is 3.78. The van der Waals surface area contributed by atoms with Gasteiger partial charge in [0.2, 0.25) is 5.91 Å². The molecule has 0 aliphatic rings. The van der Waals surface area contributed by atoms with E-state index in [1.54, 1.807) is 18.2 Å². The molecule has 0 heterocycles. The van der Waals surface area contributed by atoms with Crippen molar-refractivity contribution in [1.82, 2.24) is 10.6 Å². The van der Waals surface area contributed by atoms with E-state index in [0.717, 1.165) is 17.7 Å². The van der Waals surface area contributed by atoms with Gasteiger partial charge in [0, 0.05) is 31.1 Å². The Labute approximate surface area is 155 Å². The maximum atomic E-state index is 13.5. The molecule has 0 unspecified atom stereocenters. The second-order valence-corrected chi connectivity index (χ2v) is 5.58. The molecule has 0 aliphatic heterocycles. The van der Waals surface area contributed by atoms with Crippen molar-refractivity contribution in [3.63, 3.8) is 0 Å². The number of carbonyl (C=O) groups is 2. The summed E-state index contributed by atoms with van der Waals surface area (Å²) in [6.07, 6.45) is 0.000831. The second kappa shape index (κ2) is 9.51. The molecule has 2 amide bonds. The Morgan fingerprint density at radius 1 is 1.00 bits per heavy atom. The number of rotatable bonds is 8. The van der Waals surface area contributed by atoms with E-state index in [0.29, 0.717) is 17.6 Å². The minimum absolute atomic E-state index is 0.000831. The fourth-order valence-corrected chi connectivity index (χ4v) is 2.36. The van der Waals surface area contributed by atoms with Crippen LogP contribution in [-0.2, 0) is 11.3 Å². The zero-order chi connectivity index (χ0) is 19.8. The second-order valence-electron chi connectivity index (χ2n) is 5.58. The van der Waals surface area contributed by atoms with Crippen LogP contribution in [0.2, 0.25) is 0 Å². The first-order chi connectivity index (χ1) is 12.9. The lowest BCUT2D eigenvalue weighted by atomic mass is 10.2. The molecule has 0 aromatic heterocycles. The largest absolute Gasteiger partial charge is 0.497 e. The Bertz CT molecular complexity index is 827. The zero-order valence-corrected chi connectivity index (χ0v) is 15.0. The van der Waals surface area contributed by atoms with E-state index < -0.39 is 17.5 Å². The number of hydrogen-bond donors (Lipinski definition) is 2. The lowest BCUT2D eigenvalue weighted by Crippen LogP contribution is -2.31. The zero-order valence-electron chi connectivity index (χ0n) is 15.0. The summed E-state index contributed by atoms with van der Waals surface area (Å²) in [5.41, 5.74) is 0.459. The van der Waals surface area contributed by atoms with Crippen molar-refractivity contribution in [2.45, 2.75) is 13.0 Å². The average Bonchev–Trinajstić information content (AvgIpc) is 2.65. The Morgan fingerprint density at radius 3 is 2.44 bits per heavy atom. The molecular weight excluding hydrogens is 358 g/mol. The Morgan fingerprint density at radius 2 is 1.78 bits per heavy atom. The van der Waals surface area contributed by atoms with Gasteiger partial charge in [-0.15, -0.1) is 0 Å². The molecule has 144 valence electrons. The molecule has 0 fully saturated rings. The number of halogens is 2. The number of ether oxygens (including phenoxy) is 2. The number of amides is 2. The SMILES string of the molecule is COc1ccc(OC)c(CNC(=O)CCNC(=O)c2ccc(F)cc2F)c1. The van der Waals surface area contributed by atoms with Gasteiger partial charge in [0.15, 0.2) is 0 Å². The normalized spacial score (nSPS) is 10.2. The van der Waals surface area contributed by atoms with Crippen molar-refractivity contribution in [2.24, 2.45) is 0 Å². The van der Waals surface area contributed by atoms with Crippen molar-refractivity contribution in [1.29, 1.82) is 0 Å². The summed E-state index contributed by atoms with van der Waals surface area (Å²) in [5.74, 6) is -1.50. The van der Waals surface area contributed by atoms with Crippen molar-refractivity contribution in [3.05, 3.63) is 59.2 Å². The maximum absolute atomic E-state index is 13.5. The third kappa shape index (κ3) is 5.67. The summed E-state index contributed by atoms with van der Waals surface area (Å²) in [6.45, 7) is 0.233. The number of benzene rings is 2. The highest BCUT2D eigenvalue weighted by Gasteiger charge is 2.13. The van der Waals surface area contributed by atoms with Crippen molar-refractivity contribution >= 4 is 11.8 Å². The predicted molar refractivity (Wildman–Crippen MR) is 94.7 cm³/mol. The van der Waals surface area contributed by atoms with Crippen LogP contribution in [-0.4, -0.2) is 32.6 Å². The minimum atomic E-state index is -0.956. The van der Waals surface area contributed by atoms with Gasteiger partial charge in [0.1, 0.15) is 23.1 Å². The fraction of sp³-hybridized carbons (Fsp3) is 0.263. The van der Waals surface area contributed by atoms with Gasteiger partial charge in [-0.3, -0.25) is 9.59 Å². The van der Waals surface area contributed by atoms with Gasteiger partial charge >= 0.3 is 0 Å². The molecule has 27 heavy (non-hydrogen) atoms. The van der Waals surface area contributed by atoms with E-state index >= 15 is 0 Å². The summed E-state index contributed by atoms with van der Waals surface area (Å²) < 4.78 is 36.8. The topological polar surface area (TPSA) is 76.7 Å². The third-order valence-electron chi connectivity index (χ3n) is 3.78. The highest BCUT2D eigenvalue weighted by molar-refractivity contribution is 5.94. The maximum Gasteiger partial charge on any atom is 0.254 e. The van der Waals surface area contributed by atoms with Crippen molar-refractivity contribution in [3.8, 4) is 11.5 Å². The van der Waals surface area contributed by atoms with Crippen LogP contribution >= 0.6 is 0 Å². The molecule has 0 bridgehead atoms. The Kier molecular flexibility index (Phi) is 7.10. The van der Waals surface area contributed by atoms with Crippen molar-refractivity contribution in [2.75, 3.05) is 20.8 Å². The van der Waals surface area contributed by atoms with E-state index in [9.17, 15) is 18.4 Å².